The number of allylic oxidation sites excluding steroid dienone is 5. The van der Waals surface area contributed by atoms with Crippen molar-refractivity contribution in [3.63, 3.8) is 0 Å². The van der Waals surface area contributed by atoms with Crippen LogP contribution in [0.3, 0.4) is 0 Å². The van der Waals surface area contributed by atoms with Crippen LogP contribution >= 0.6 is 0 Å². The van der Waals surface area contributed by atoms with E-state index in [4.69, 9.17) is 0 Å². The molecule has 0 bridgehead atoms. The van der Waals surface area contributed by atoms with Crippen LogP contribution in [0.15, 0.2) is 60.5 Å². The monoisotopic (exact) mass is 203 g/mol. The summed E-state index contributed by atoms with van der Waals surface area (Å²) in [6, 6.07) is 0. The standard InChI is InChI=1S/C12H15N.C2H6/c1-5-7-12-10(3)13(4)9-8-11(12)6-2;1-2/h5-9H,1,3H2,2,4H3;1-2H3/b11-6-,12-7-;. The van der Waals surface area contributed by atoms with Crippen LogP contribution in [0.4, 0.5) is 0 Å². The molecule has 0 saturated carbocycles. The zero-order valence-corrected chi connectivity index (χ0v) is 10.2. The van der Waals surface area contributed by atoms with Gasteiger partial charge >= 0.3 is 0 Å². The van der Waals surface area contributed by atoms with Crippen molar-refractivity contribution in [1.29, 1.82) is 0 Å². The number of nitrogens with zero attached hydrogens (tertiary/aromatic N) is 1. The van der Waals surface area contributed by atoms with E-state index in [1.807, 2.05) is 45.0 Å². The zero-order valence-electron chi connectivity index (χ0n) is 10.2. The summed E-state index contributed by atoms with van der Waals surface area (Å²) in [5.74, 6) is 0. The molecule has 0 unspecified atom stereocenters. The first-order chi connectivity index (χ1) is 7.20. The highest BCUT2D eigenvalue weighted by atomic mass is 15.1. The normalized spacial score (nSPS) is 20.3. The predicted molar refractivity (Wildman–Crippen MR) is 69.4 cm³/mol. The topological polar surface area (TPSA) is 3.24 Å². The molecule has 0 fully saturated rings. The molecule has 1 rings (SSSR count). The summed E-state index contributed by atoms with van der Waals surface area (Å²) >= 11 is 0. The maximum absolute atomic E-state index is 4.01. The molecule has 82 valence electrons. The molecule has 0 radical (unpaired) electrons. The third-order valence-electron chi connectivity index (χ3n) is 2.12. The molecule has 1 heteroatoms. The van der Waals surface area contributed by atoms with Gasteiger partial charge in [0.25, 0.3) is 0 Å². The molecule has 1 aliphatic rings. The molecule has 1 heterocycles. The number of hydrogen-bond acceptors (Lipinski definition) is 1. The minimum Gasteiger partial charge on any atom is -0.351 e. The van der Waals surface area contributed by atoms with Crippen molar-refractivity contribution in [1.82, 2.24) is 4.90 Å². The van der Waals surface area contributed by atoms with Crippen LogP contribution in [-0.4, -0.2) is 11.9 Å². The van der Waals surface area contributed by atoms with E-state index >= 15 is 0 Å². The number of hydrogen-bond donors (Lipinski definition) is 0. The van der Waals surface area contributed by atoms with E-state index in [0.29, 0.717) is 0 Å². The molecule has 1 nitrogen and oxygen atoms in total. The first-order valence-electron chi connectivity index (χ1n) is 5.30. The fraction of sp³-hybridized carbons (Fsp3) is 0.286. The lowest BCUT2D eigenvalue weighted by Gasteiger charge is -2.25. The van der Waals surface area contributed by atoms with E-state index in [1.165, 1.54) is 5.57 Å². The molecule has 0 saturated heterocycles. The lowest BCUT2D eigenvalue weighted by atomic mass is 9.99. The van der Waals surface area contributed by atoms with Crippen molar-refractivity contribution in [3.8, 4) is 0 Å². The Balaban J connectivity index is 0.000000921. The van der Waals surface area contributed by atoms with E-state index in [2.05, 4.69) is 25.3 Å². The molecule has 0 aromatic heterocycles. The molecular formula is C14H21N. The maximum atomic E-state index is 4.01. The SMILES string of the molecule is C=C/C=C1/C(=C)N(C)C=C/C1=C/C.CC. The summed E-state index contributed by atoms with van der Waals surface area (Å²) < 4.78 is 0. The van der Waals surface area contributed by atoms with Gasteiger partial charge in [0.05, 0.1) is 0 Å². The molecule has 1 aliphatic heterocycles. The molecule has 0 aliphatic carbocycles. The Morgan fingerprint density at radius 1 is 1.33 bits per heavy atom. The third-order valence-corrected chi connectivity index (χ3v) is 2.12. The Labute approximate surface area is 93.8 Å². The molecule has 0 amide bonds. The Hall–Kier alpha value is -1.50. The molecule has 0 aromatic carbocycles. The molecule has 0 aromatic rings. The lowest BCUT2D eigenvalue weighted by Crippen LogP contribution is -2.15. The van der Waals surface area contributed by atoms with Crippen molar-refractivity contribution >= 4 is 0 Å². The predicted octanol–water partition coefficient (Wildman–Crippen LogP) is 4.04. The Kier molecular flexibility index (Phi) is 6.19. The zero-order chi connectivity index (χ0) is 11.8. The molecule has 0 spiro atoms. The van der Waals surface area contributed by atoms with Crippen molar-refractivity contribution < 1.29 is 0 Å². The quantitative estimate of drug-likeness (QED) is 0.621. The van der Waals surface area contributed by atoms with E-state index in [-0.39, 0.29) is 0 Å². The highest BCUT2D eigenvalue weighted by Gasteiger charge is 2.12. The molecule has 15 heavy (non-hydrogen) atoms. The van der Waals surface area contributed by atoms with Gasteiger partial charge in [-0.05, 0) is 18.6 Å². The van der Waals surface area contributed by atoms with Crippen LogP contribution in [0, 0.1) is 0 Å². The average molecular weight is 203 g/mol. The third kappa shape index (κ3) is 3.28. The lowest BCUT2D eigenvalue weighted by molar-refractivity contribution is 0.575. The van der Waals surface area contributed by atoms with Gasteiger partial charge in [0.1, 0.15) is 0 Å². The number of rotatable bonds is 1. The van der Waals surface area contributed by atoms with Gasteiger partial charge in [0.15, 0.2) is 0 Å². The fourth-order valence-corrected chi connectivity index (χ4v) is 1.29. The van der Waals surface area contributed by atoms with Gasteiger partial charge in [-0.25, -0.2) is 0 Å². The van der Waals surface area contributed by atoms with Crippen molar-refractivity contribution in [3.05, 3.63) is 60.5 Å². The summed E-state index contributed by atoms with van der Waals surface area (Å²) in [4.78, 5) is 2.00. The van der Waals surface area contributed by atoms with Gasteiger partial charge in [-0.3, -0.25) is 0 Å². The fourth-order valence-electron chi connectivity index (χ4n) is 1.29. The minimum absolute atomic E-state index is 1.01. The highest BCUT2D eigenvalue weighted by Crippen LogP contribution is 2.26. The van der Waals surface area contributed by atoms with Crippen LogP contribution in [0.1, 0.15) is 20.8 Å². The summed E-state index contributed by atoms with van der Waals surface area (Å²) in [7, 11) is 1.99. The summed E-state index contributed by atoms with van der Waals surface area (Å²) in [5, 5.41) is 0. The average Bonchev–Trinajstić information content (AvgIpc) is 2.28. The van der Waals surface area contributed by atoms with Crippen molar-refractivity contribution in [2.75, 3.05) is 7.05 Å². The van der Waals surface area contributed by atoms with Gasteiger partial charge in [-0.2, -0.15) is 0 Å². The summed E-state index contributed by atoms with van der Waals surface area (Å²) in [6.45, 7) is 13.7. The van der Waals surface area contributed by atoms with Crippen LogP contribution in [0.2, 0.25) is 0 Å². The second kappa shape index (κ2) is 6.88. The summed E-state index contributed by atoms with van der Waals surface area (Å²) in [6.07, 6.45) is 9.93. The Morgan fingerprint density at radius 2 is 1.93 bits per heavy atom. The number of likely N-dealkylation sites (N-methyl/N-ethyl adjacent to an activating group) is 1. The van der Waals surface area contributed by atoms with Crippen LogP contribution in [0.5, 0.6) is 0 Å². The van der Waals surface area contributed by atoms with Gasteiger partial charge in [-0.1, -0.05) is 45.2 Å². The van der Waals surface area contributed by atoms with E-state index in [0.717, 1.165) is 11.3 Å². The maximum Gasteiger partial charge on any atom is 0.0410 e. The van der Waals surface area contributed by atoms with E-state index < -0.39 is 0 Å². The van der Waals surface area contributed by atoms with Gasteiger partial charge in [0.2, 0.25) is 0 Å². The highest BCUT2D eigenvalue weighted by molar-refractivity contribution is 5.54. The van der Waals surface area contributed by atoms with Crippen molar-refractivity contribution in [2.24, 2.45) is 0 Å². The van der Waals surface area contributed by atoms with Crippen LogP contribution < -0.4 is 0 Å². The first-order valence-corrected chi connectivity index (χ1v) is 5.30. The van der Waals surface area contributed by atoms with E-state index in [9.17, 15) is 0 Å². The minimum atomic E-state index is 1.01. The van der Waals surface area contributed by atoms with Crippen LogP contribution in [-0.2, 0) is 0 Å². The first kappa shape index (κ1) is 13.5. The molecule has 0 atom stereocenters. The van der Waals surface area contributed by atoms with Crippen LogP contribution in [0.25, 0.3) is 0 Å². The van der Waals surface area contributed by atoms with E-state index in [1.54, 1.807) is 6.08 Å². The Morgan fingerprint density at radius 3 is 2.40 bits per heavy atom. The Bertz CT molecular complexity index is 316. The van der Waals surface area contributed by atoms with Gasteiger partial charge in [-0.15, -0.1) is 0 Å². The second-order valence-corrected chi connectivity index (χ2v) is 2.93. The second-order valence-electron chi connectivity index (χ2n) is 2.93. The smallest absolute Gasteiger partial charge is 0.0410 e. The largest absolute Gasteiger partial charge is 0.351 e. The van der Waals surface area contributed by atoms with Gasteiger partial charge in [0, 0.05) is 24.5 Å². The van der Waals surface area contributed by atoms with Crippen molar-refractivity contribution in [2.45, 2.75) is 20.8 Å². The molecular weight excluding hydrogens is 182 g/mol. The van der Waals surface area contributed by atoms with Gasteiger partial charge < -0.3 is 4.90 Å². The molecule has 0 N–H and O–H groups in total. The summed E-state index contributed by atoms with van der Waals surface area (Å²) in [5.41, 5.74) is 3.35.